The molecule has 0 fully saturated rings. The van der Waals surface area contributed by atoms with Gasteiger partial charge in [-0.3, -0.25) is 0 Å². The number of fused-ring (bicyclic) bond motifs is 1. The highest BCUT2D eigenvalue weighted by molar-refractivity contribution is 7.92. The van der Waals surface area contributed by atoms with E-state index in [9.17, 15) is 8.42 Å². The van der Waals surface area contributed by atoms with Crippen LogP contribution in [-0.4, -0.2) is 18.1 Å². The lowest BCUT2D eigenvalue weighted by Gasteiger charge is -2.19. The van der Waals surface area contributed by atoms with E-state index >= 15 is 0 Å². The molecule has 0 unspecified atom stereocenters. The van der Waals surface area contributed by atoms with Crippen molar-refractivity contribution in [2.24, 2.45) is 0 Å². The summed E-state index contributed by atoms with van der Waals surface area (Å²) < 4.78 is 24.5. The molecule has 1 heterocycles. The van der Waals surface area contributed by atoms with Gasteiger partial charge in [0.15, 0.2) is 9.84 Å². The van der Waals surface area contributed by atoms with Gasteiger partial charge in [0.1, 0.15) is 0 Å². The third-order valence-electron chi connectivity index (χ3n) is 2.42. The van der Waals surface area contributed by atoms with Crippen LogP contribution in [0, 0.1) is 0 Å². The average molecular weight is 255 g/mol. The Morgan fingerprint density at radius 2 is 1.94 bits per heavy atom. The van der Waals surface area contributed by atoms with Crippen molar-refractivity contribution < 1.29 is 8.42 Å². The van der Waals surface area contributed by atoms with E-state index in [1.165, 1.54) is 11.3 Å². The lowest BCUT2D eigenvalue weighted by atomic mass is 10.3. The zero-order chi connectivity index (χ0) is 12.0. The van der Waals surface area contributed by atoms with Gasteiger partial charge in [-0.2, -0.15) is 0 Å². The summed E-state index contributed by atoms with van der Waals surface area (Å²) in [5.41, 5.74) is 2.57. The van der Waals surface area contributed by atoms with Crippen molar-refractivity contribution in [3.63, 3.8) is 0 Å². The summed E-state index contributed by atoms with van der Waals surface area (Å²) in [6.45, 7) is 5.12. The van der Waals surface area contributed by atoms with E-state index in [1.54, 1.807) is 44.5 Å². The van der Waals surface area contributed by atoms with Gasteiger partial charge in [0.2, 0.25) is 0 Å². The highest BCUT2D eigenvalue weighted by Gasteiger charge is 2.30. The topological polar surface area (TPSA) is 47.0 Å². The van der Waals surface area contributed by atoms with Crippen LogP contribution in [-0.2, 0) is 9.84 Å². The molecule has 0 spiro atoms. The minimum absolute atomic E-state index is 0.372. The first-order chi connectivity index (χ1) is 7.32. The van der Waals surface area contributed by atoms with Crippen LogP contribution in [0.4, 0.5) is 0 Å². The zero-order valence-corrected chi connectivity index (χ0v) is 11.0. The molecule has 0 saturated heterocycles. The lowest BCUT2D eigenvalue weighted by molar-refractivity contribution is 0.560. The molecule has 0 amide bonds. The van der Waals surface area contributed by atoms with Gasteiger partial charge in [-0.05, 0) is 39.0 Å². The SMILES string of the molecule is CC(C)(C)S(=O)(=O)c1ccc2ncsc2c1. The van der Waals surface area contributed by atoms with Crippen LogP contribution in [0.1, 0.15) is 20.8 Å². The predicted octanol–water partition coefficient (Wildman–Crippen LogP) is 2.87. The molecule has 0 radical (unpaired) electrons. The Bertz CT molecular complexity index is 621. The van der Waals surface area contributed by atoms with Gasteiger partial charge in [-0.25, -0.2) is 13.4 Å². The molecule has 3 nitrogen and oxygen atoms in total. The first kappa shape index (κ1) is 11.5. The summed E-state index contributed by atoms with van der Waals surface area (Å²) in [7, 11) is -3.27. The van der Waals surface area contributed by atoms with Crippen LogP contribution in [0.5, 0.6) is 0 Å². The molecule has 2 rings (SSSR count). The van der Waals surface area contributed by atoms with Gasteiger partial charge in [-0.15, -0.1) is 11.3 Å². The quantitative estimate of drug-likeness (QED) is 0.787. The smallest absolute Gasteiger partial charge is 0.183 e. The number of rotatable bonds is 1. The van der Waals surface area contributed by atoms with Crippen LogP contribution < -0.4 is 0 Å². The van der Waals surface area contributed by atoms with Crippen LogP contribution >= 0.6 is 11.3 Å². The van der Waals surface area contributed by atoms with Crippen molar-refractivity contribution in [3.05, 3.63) is 23.7 Å². The molecule has 0 saturated carbocycles. The predicted molar refractivity (Wildman–Crippen MR) is 66.6 cm³/mol. The summed E-state index contributed by atoms with van der Waals surface area (Å²) in [4.78, 5) is 4.50. The van der Waals surface area contributed by atoms with E-state index in [2.05, 4.69) is 4.98 Å². The summed E-state index contributed by atoms with van der Waals surface area (Å²) in [6, 6.07) is 5.08. The third kappa shape index (κ3) is 1.74. The van der Waals surface area contributed by atoms with Gasteiger partial charge >= 0.3 is 0 Å². The first-order valence-electron chi connectivity index (χ1n) is 4.90. The zero-order valence-electron chi connectivity index (χ0n) is 9.39. The van der Waals surface area contributed by atoms with Crippen LogP contribution in [0.25, 0.3) is 10.2 Å². The van der Waals surface area contributed by atoms with Gasteiger partial charge < -0.3 is 0 Å². The molecule has 0 atom stereocenters. The Balaban J connectivity index is 2.64. The summed E-state index contributed by atoms with van der Waals surface area (Å²) >= 11 is 1.45. The Morgan fingerprint density at radius 1 is 1.25 bits per heavy atom. The average Bonchev–Trinajstić information content (AvgIpc) is 2.61. The first-order valence-corrected chi connectivity index (χ1v) is 7.26. The summed E-state index contributed by atoms with van der Waals surface area (Å²) in [6.07, 6.45) is 0. The molecule has 0 aliphatic carbocycles. The summed E-state index contributed by atoms with van der Waals surface area (Å²) in [5, 5.41) is 0. The number of hydrogen-bond donors (Lipinski definition) is 0. The fourth-order valence-corrected chi connectivity index (χ4v) is 3.37. The Labute approximate surface area is 99.1 Å². The number of benzene rings is 1. The highest BCUT2D eigenvalue weighted by atomic mass is 32.2. The van der Waals surface area contributed by atoms with Crippen LogP contribution in [0.3, 0.4) is 0 Å². The molecule has 5 heteroatoms. The molecule has 0 aliphatic rings. The maximum Gasteiger partial charge on any atom is 0.183 e. The van der Waals surface area contributed by atoms with E-state index in [0.29, 0.717) is 4.90 Å². The van der Waals surface area contributed by atoms with Crippen molar-refractivity contribution in [1.82, 2.24) is 4.98 Å². The van der Waals surface area contributed by atoms with E-state index in [0.717, 1.165) is 10.2 Å². The molecule has 0 aliphatic heterocycles. The molecule has 1 aromatic heterocycles. The number of sulfone groups is 1. The highest BCUT2D eigenvalue weighted by Crippen LogP contribution is 2.28. The second-order valence-corrected chi connectivity index (χ2v) is 8.19. The molecule has 1 aromatic carbocycles. The van der Waals surface area contributed by atoms with Gasteiger partial charge in [0.25, 0.3) is 0 Å². The maximum atomic E-state index is 12.2. The maximum absolute atomic E-state index is 12.2. The largest absolute Gasteiger partial charge is 0.245 e. The molecule has 2 aromatic rings. The minimum atomic E-state index is -3.27. The Hall–Kier alpha value is -0.940. The standard InChI is InChI=1S/C11H13NO2S2/c1-11(2,3)16(13,14)8-4-5-9-10(6-8)15-7-12-9/h4-7H,1-3H3. The number of aromatic nitrogens is 1. The number of hydrogen-bond acceptors (Lipinski definition) is 4. The Morgan fingerprint density at radius 3 is 2.56 bits per heavy atom. The molecule has 16 heavy (non-hydrogen) atoms. The second kappa shape index (κ2) is 3.53. The normalized spacial score (nSPS) is 13.2. The van der Waals surface area contributed by atoms with E-state index in [1.807, 2.05) is 0 Å². The van der Waals surface area contributed by atoms with Gasteiger partial charge in [0, 0.05) is 0 Å². The van der Waals surface area contributed by atoms with Crippen molar-refractivity contribution in [1.29, 1.82) is 0 Å². The van der Waals surface area contributed by atoms with Crippen LogP contribution in [0.15, 0.2) is 28.6 Å². The van der Waals surface area contributed by atoms with Crippen molar-refractivity contribution in [2.45, 2.75) is 30.4 Å². The molecular weight excluding hydrogens is 242 g/mol. The lowest BCUT2D eigenvalue weighted by Crippen LogP contribution is -2.27. The van der Waals surface area contributed by atoms with Gasteiger partial charge in [0.05, 0.1) is 25.4 Å². The monoisotopic (exact) mass is 255 g/mol. The molecule has 86 valence electrons. The molecular formula is C11H13NO2S2. The number of nitrogens with zero attached hydrogens (tertiary/aromatic N) is 1. The van der Waals surface area contributed by atoms with Crippen LogP contribution in [0.2, 0.25) is 0 Å². The van der Waals surface area contributed by atoms with Crippen molar-refractivity contribution in [2.75, 3.05) is 0 Å². The molecule has 0 bridgehead atoms. The minimum Gasteiger partial charge on any atom is -0.245 e. The van der Waals surface area contributed by atoms with Crippen molar-refractivity contribution in [3.8, 4) is 0 Å². The van der Waals surface area contributed by atoms with Crippen molar-refractivity contribution >= 4 is 31.4 Å². The van der Waals surface area contributed by atoms with E-state index < -0.39 is 14.6 Å². The van der Waals surface area contributed by atoms with Gasteiger partial charge in [-0.1, -0.05) is 0 Å². The van der Waals surface area contributed by atoms with E-state index in [-0.39, 0.29) is 0 Å². The summed E-state index contributed by atoms with van der Waals surface area (Å²) in [5.74, 6) is 0. The third-order valence-corrected chi connectivity index (χ3v) is 5.70. The number of thiazole rings is 1. The fourth-order valence-electron chi connectivity index (χ4n) is 1.36. The fraction of sp³-hybridized carbons (Fsp3) is 0.364. The second-order valence-electron chi connectivity index (χ2n) is 4.60. The molecule has 0 N–H and O–H groups in total. The Kier molecular flexibility index (Phi) is 2.55. The van der Waals surface area contributed by atoms with E-state index in [4.69, 9.17) is 0 Å².